The molecule has 1 aromatic heterocycles. The van der Waals surface area contributed by atoms with Crippen molar-refractivity contribution in [1.82, 2.24) is 15.0 Å². The highest BCUT2D eigenvalue weighted by Crippen LogP contribution is 2.35. The molecular formula is C30H38N4O3. The third-order valence-corrected chi connectivity index (χ3v) is 7.60. The lowest BCUT2D eigenvalue weighted by molar-refractivity contribution is 0.0320. The van der Waals surface area contributed by atoms with E-state index in [4.69, 9.17) is 9.26 Å². The summed E-state index contributed by atoms with van der Waals surface area (Å²) in [4.78, 5) is 20.6. The van der Waals surface area contributed by atoms with E-state index in [1.54, 1.807) is 0 Å². The number of hydrogen-bond donors (Lipinski definition) is 0. The van der Waals surface area contributed by atoms with Crippen molar-refractivity contribution in [2.24, 2.45) is 0 Å². The summed E-state index contributed by atoms with van der Waals surface area (Å²) in [5.74, 6) is 0.838. The predicted octanol–water partition coefficient (Wildman–Crippen LogP) is 5.00. The van der Waals surface area contributed by atoms with Crippen LogP contribution in [0.4, 0.5) is 5.88 Å². The molecular weight excluding hydrogens is 464 g/mol. The molecule has 0 saturated carbocycles. The van der Waals surface area contributed by atoms with Crippen molar-refractivity contribution in [3.8, 4) is 11.3 Å². The molecule has 0 radical (unpaired) electrons. The fourth-order valence-electron chi connectivity index (χ4n) is 5.30. The number of piperidine rings is 1. The molecule has 7 nitrogen and oxygen atoms in total. The van der Waals surface area contributed by atoms with Crippen molar-refractivity contribution >= 4 is 11.8 Å². The quantitative estimate of drug-likeness (QED) is 0.432. The van der Waals surface area contributed by atoms with Gasteiger partial charge in [-0.2, -0.15) is 0 Å². The molecule has 3 heterocycles. The Labute approximate surface area is 220 Å². The molecule has 37 heavy (non-hydrogen) atoms. The summed E-state index contributed by atoms with van der Waals surface area (Å²) in [6, 6.07) is 18.4. The van der Waals surface area contributed by atoms with Crippen LogP contribution in [0.3, 0.4) is 0 Å². The maximum absolute atomic E-state index is 13.9. The Bertz CT molecular complexity index is 1160. The van der Waals surface area contributed by atoms with Gasteiger partial charge in [0.05, 0.1) is 25.3 Å². The van der Waals surface area contributed by atoms with E-state index >= 15 is 0 Å². The van der Waals surface area contributed by atoms with Crippen molar-refractivity contribution in [2.45, 2.75) is 45.7 Å². The Morgan fingerprint density at radius 1 is 1.03 bits per heavy atom. The van der Waals surface area contributed by atoms with Crippen LogP contribution in [0.2, 0.25) is 0 Å². The molecule has 5 rings (SSSR count). The predicted molar refractivity (Wildman–Crippen MR) is 146 cm³/mol. The molecule has 2 aliphatic heterocycles. The number of ether oxygens (including phenoxy) is 1. The maximum atomic E-state index is 13.9. The highest BCUT2D eigenvalue weighted by molar-refractivity contribution is 5.94. The smallest absolute Gasteiger partial charge is 0.254 e. The molecule has 2 saturated heterocycles. The fraction of sp³-hybridized carbons (Fsp3) is 0.467. The Kier molecular flexibility index (Phi) is 8.21. The van der Waals surface area contributed by atoms with Gasteiger partial charge in [0.15, 0.2) is 0 Å². The molecule has 0 spiro atoms. The van der Waals surface area contributed by atoms with E-state index in [2.05, 4.69) is 34.0 Å². The second kappa shape index (κ2) is 11.9. The van der Waals surface area contributed by atoms with Gasteiger partial charge >= 0.3 is 0 Å². The van der Waals surface area contributed by atoms with Crippen LogP contribution in [0, 0.1) is 6.92 Å². The van der Waals surface area contributed by atoms with Gasteiger partial charge in [-0.05, 0) is 45.2 Å². The molecule has 2 aromatic carbocycles. The molecule has 2 fully saturated rings. The van der Waals surface area contributed by atoms with E-state index < -0.39 is 0 Å². The zero-order valence-corrected chi connectivity index (χ0v) is 22.1. The first-order valence-corrected chi connectivity index (χ1v) is 13.6. The zero-order valence-electron chi connectivity index (χ0n) is 22.1. The summed E-state index contributed by atoms with van der Waals surface area (Å²) < 4.78 is 11.6. The highest BCUT2D eigenvalue weighted by atomic mass is 16.5. The van der Waals surface area contributed by atoms with Crippen molar-refractivity contribution in [2.75, 3.05) is 50.8 Å². The minimum absolute atomic E-state index is 0.0334. The first-order chi connectivity index (χ1) is 18.1. The van der Waals surface area contributed by atoms with Gasteiger partial charge in [-0.1, -0.05) is 53.2 Å². The lowest BCUT2D eigenvalue weighted by Crippen LogP contribution is -2.43. The van der Waals surface area contributed by atoms with Crippen LogP contribution in [0.5, 0.6) is 0 Å². The third kappa shape index (κ3) is 6.05. The summed E-state index contributed by atoms with van der Waals surface area (Å²) in [6.07, 6.45) is 3.49. The summed E-state index contributed by atoms with van der Waals surface area (Å²) >= 11 is 0. The minimum atomic E-state index is 0.0334. The minimum Gasteiger partial charge on any atom is -0.379 e. The van der Waals surface area contributed by atoms with Gasteiger partial charge in [0.25, 0.3) is 5.91 Å². The summed E-state index contributed by atoms with van der Waals surface area (Å²) in [6.45, 7) is 10.4. The summed E-state index contributed by atoms with van der Waals surface area (Å²) in [7, 11) is 0. The molecule has 0 bridgehead atoms. The van der Waals surface area contributed by atoms with E-state index in [1.165, 1.54) is 6.42 Å². The van der Waals surface area contributed by atoms with Gasteiger partial charge in [-0.3, -0.25) is 9.69 Å². The van der Waals surface area contributed by atoms with Crippen LogP contribution in [-0.4, -0.2) is 72.8 Å². The van der Waals surface area contributed by atoms with Gasteiger partial charge in [0.2, 0.25) is 5.88 Å². The molecule has 7 heteroatoms. The number of hydrogen-bond acceptors (Lipinski definition) is 6. The van der Waals surface area contributed by atoms with Crippen molar-refractivity contribution in [3.63, 3.8) is 0 Å². The van der Waals surface area contributed by atoms with Crippen molar-refractivity contribution in [3.05, 3.63) is 71.3 Å². The molecule has 1 unspecified atom stereocenters. The van der Waals surface area contributed by atoms with Crippen molar-refractivity contribution in [1.29, 1.82) is 0 Å². The molecule has 196 valence electrons. The third-order valence-electron chi connectivity index (χ3n) is 7.60. The molecule has 0 aliphatic carbocycles. The Balaban J connectivity index is 1.49. The number of anilines is 1. The molecule has 1 atom stereocenters. The zero-order chi connectivity index (χ0) is 25.6. The van der Waals surface area contributed by atoms with Crippen molar-refractivity contribution < 1.29 is 14.1 Å². The Morgan fingerprint density at radius 3 is 2.51 bits per heavy atom. The maximum Gasteiger partial charge on any atom is 0.254 e. The fourth-order valence-corrected chi connectivity index (χ4v) is 5.30. The number of nitrogens with zero attached hydrogens (tertiary/aromatic N) is 4. The standard InChI is InChI=1S/C30H38N4O3/c1-23-11-13-26(14-12-23)29(35)33(17-16-32-18-20-36-21-19-32)22-27-28(25-9-4-3-5-10-25)31-37-30(27)34-15-7-6-8-24(34)2/h3-5,9-14,24H,6-8,15-22H2,1-2H3. The Hall–Kier alpha value is -3.16. The van der Waals surface area contributed by atoms with E-state index in [0.29, 0.717) is 24.7 Å². The number of morpholine rings is 1. The van der Waals surface area contributed by atoms with Crippen LogP contribution in [-0.2, 0) is 11.3 Å². The van der Waals surface area contributed by atoms with Gasteiger partial charge in [-0.15, -0.1) is 0 Å². The average molecular weight is 503 g/mol. The summed E-state index contributed by atoms with van der Waals surface area (Å²) in [5, 5.41) is 4.56. The van der Waals surface area contributed by atoms with E-state index in [9.17, 15) is 4.79 Å². The van der Waals surface area contributed by atoms with Gasteiger partial charge in [0.1, 0.15) is 5.69 Å². The van der Waals surface area contributed by atoms with Crippen LogP contribution < -0.4 is 4.90 Å². The van der Waals surface area contributed by atoms with Crippen LogP contribution in [0.25, 0.3) is 11.3 Å². The topological polar surface area (TPSA) is 62.1 Å². The van der Waals surface area contributed by atoms with Gasteiger partial charge in [0, 0.05) is 49.9 Å². The summed E-state index contributed by atoms with van der Waals surface area (Å²) in [5.41, 5.74) is 4.67. The van der Waals surface area contributed by atoms with Crippen LogP contribution in [0.15, 0.2) is 59.1 Å². The molecule has 2 aliphatic rings. The molecule has 1 amide bonds. The molecule has 3 aromatic rings. The van der Waals surface area contributed by atoms with Gasteiger partial charge < -0.3 is 19.1 Å². The van der Waals surface area contributed by atoms with E-state index in [1.807, 2.05) is 54.3 Å². The largest absolute Gasteiger partial charge is 0.379 e. The first-order valence-electron chi connectivity index (χ1n) is 13.6. The second-order valence-corrected chi connectivity index (χ2v) is 10.3. The van der Waals surface area contributed by atoms with Crippen LogP contribution >= 0.6 is 0 Å². The number of amides is 1. The first kappa shape index (κ1) is 25.5. The SMILES string of the molecule is Cc1ccc(C(=O)N(CCN2CCOCC2)Cc2c(-c3ccccc3)noc2N2CCCCC2C)cc1. The number of rotatable bonds is 8. The lowest BCUT2D eigenvalue weighted by atomic mass is 10.0. The highest BCUT2D eigenvalue weighted by Gasteiger charge is 2.30. The second-order valence-electron chi connectivity index (χ2n) is 10.3. The number of benzene rings is 2. The Morgan fingerprint density at radius 2 is 1.78 bits per heavy atom. The molecule has 0 N–H and O–H groups in total. The van der Waals surface area contributed by atoms with E-state index in [0.717, 1.165) is 80.5 Å². The number of carbonyl (C=O) groups is 1. The number of carbonyl (C=O) groups excluding carboxylic acids is 1. The number of aryl methyl sites for hydroxylation is 1. The number of aromatic nitrogens is 1. The monoisotopic (exact) mass is 502 g/mol. The normalized spacial score (nSPS) is 18.6. The van der Waals surface area contributed by atoms with E-state index in [-0.39, 0.29) is 5.91 Å². The van der Waals surface area contributed by atoms with Crippen LogP contribution in [0.1, 0.15) is 47.7 Å². The average Bonchev–Trinajstić information content (AvgIpc) is 3.35. The van der Waals surface area contributed by atoms with Gasteiger partial charge in [-0.25, -0.2) is 0 Å². The lowest BCUT2D eigenvalue weighted by Gasteiger charge is -2.34.